The lowest BCUT2D eigenvalue weighted by molar-refractivity contribution is -0.133. The van der Waals surface area contributed by atoms with Crippen LogP contribution >= 0.6 is 11.6 Å². The Balaban J connectivity index is 1.51. The van der Waals surface area contributed by atoms with Gasteiger partial charge in [0, 0.05) is 42.5 Å². The summed E-state index contributed by atoms with van der Waals surface area (Å²) in [6.07, 6.45) is 0. The van der Waals surface area contributed by atoms with Crippen LogP contribution in [0, 0.1) is 12.7 Å². The first-order valence-electron chi connectivity index (χ1n) is 11.3. The van der Waals surface area contributed by atoms with E-state index in [2.05, 4.69) is 5.32 Å². The molecule has 34 heavy (non-hydrogen) atoms. The summed E-state index contributed by atoms with van der Waals surface area (Å²) in [5.74, 6) is -0.904. The SMILES string of the molecule is CCN(CC(=O)Nc1cc(Cl)ccc1C)CC(=O)N1CCN(c2ccc(C(C)=O)cc2F)CC1. The van der Waals surface area contributed by atoms with Gasteiger partial charge >= 0.3 is 0 Å². The molecular weight excluding hydrogens is 459 g/mol. The molecular formula is C25H30ClFN4O3. The standard InChI is InChI=1S/C25H30ClFN4O3/c1-4-29(15-24(33)28-22-14-20(26)7-5-17(22)2)16-25(34)31-11-9-30(10-12-31)23-8-6-19(18(3)32)13-21(23)27/h5-8,13-14H,4,9-12,15-16H2,1-3H3,(H,28,33). The Kier molecular flexibility index (Phi) is 8.63. The van der Waals surface area contributed by atoms with Crippen LogP contribution in [0.1, 0.15) is 29.8 Å². The topological polar surface area (TPSA) is 73.0 Å². The van der Waals surface area contributed by atoms with Crippen LogP contribution in [0.15, 0.2) is 36.4 Å². The number of likely N-dealkylation sites (N-methyl/N-ethyl adjacent to an activating group) is 1. The second-order valence-electron chi connectivity index (χ2n) is 8.40. The van der Waals surface area contributed by atoms with E-state index in [9.17, 15) is 18.8 Å². The number of piperazine rings is 1. The van der Waals surface area contributed by atoms with Crippen molar-refractivity contribution < 1.29 is 18.8 Å². The molecule has 0 aliphatic carbocycles. The molecule has 0 saturated carbocycles. The van der Waals surface area contributed by atoms with Gasteiger partial charge in [0.05, 0.1) is 18.8 Å². The van der Waals surface area contributed by atoms with Crippen LogP contribution in [0.4, 0.5) is 15.8 Å². The first-order chi connectivity index (χ1) is 16.2. The van der Waals surface area contributed by atoms with Gasteiger partial charge in [0.25, 0.3) is 0 Å². The lowest BCUT2D eigenvalue weighted by Crippen LogP contribution is -2.52. The third kappa shape index (κ3) is 6.55. The average molecular weight is 489 g/mol. The van der Waals surface area contributed by atoms with Crippen molar-refractivity contribution in [3.05, 3.63) is 58.4 Å². The average Bonchev–Trinajstić information content (AvgIpc) is 2.81. The predicted octanol–water partition coefficient (Wildman–Crippen LogP) is 3.60. The van der Waals surface area contributed by atoms with E-state index in [1.807, 2.05) is 24.8 Å². The fourth-order valence-corrected chi connectivity index (χ4v) is 4.04. The van der Waals surface area contributed by atoms with Crippen molar-refractivity contribution in [3.8, 4) is 0 Å². The zero-order valence-corrected chi connectivity index (χ0v) is 20.5. The van der Waals surface area contributed by atoms with Crippen LogP contribution in [0.5, 0.6) is 0 Å². The minimum atomic E-state index is -0.439. The Morgan fingerprint density at radius 1 is 1.06 bits per heavy atom. The molecule has 0 spiro atoms. The number of benzene rings is 2. The Labute approximate surface area is 204 Å². The summed E-state index contributed by atoms with van der Waals surface area (Å²) < 4.78 is 14.5. The molecule has 2 aromatic rings. The summed E-state index contributed by atoms with van der Waals surface area (Å²) >= 11 is 6.02. The lowest BCUT2D eigenvalue weighted by atomic mass is 10.1. The second-order valence-corrected chi connectivity index (χ2v) is 8.84. The zero-order valence-electron chi connectivity index (χ0n) is 19.7. The van der Waals surface area contributed by atoms with Crippen LogP contribution in [-0.2, 0) is 9.59 Å². The van der Waals surface area contributed by atoms with Gasteiger partial charge in [-0.2, -0.15) is 0 Å². The fourth-order valence-electron chi connectivity index (χ4n) is 3.87. The molecule has 182 valence electrons. The smallest absolute Gasteiger partial charge is 0.238 e. The molecule has 2 amide bonds. The van der Waals surface area contributed by atoms with Gasteiger partial charge in [-0.25, -0.2) is 4.39 Å². The molecule has 0 unspecified atom stereocenters. The summed E-state index contributed by atoms with van der Waals surface area (Å²) in [6.45, 7) is 7.83. The van der Waals surface area contributed by atoms with E-state index in [-0.39, 0.29) is 30.7 Å². The number of nitrogens with one attached hydrogen (secondary N) is 1. The molecule has 9 heteroatoms. The van der Waals surface area contributed by atoms with Crippen LogP contribution in [0.3, 0.4) is 0 Å². The molecule has 0 radical (unpaired) electrons. The van der Waals surface area contributed by atoms with Crippen molar-refractivity contribution in [3.63, 3.8) is 0 Å². The third-order valence-electron chi connectivity index (χ3n) is 5.97. The summed E-state index contributed by atoms with van der Waals surface area (Å²) in [7, 11) is 0. The largest absolute Gasteiger partial charge is 0.366 e. The van der Waals surface area contributed by atoms with Crippen LogP contribution in [0.25, 0.3) is 0 Å². The summed E-state index contributed by atoms with van der Waals surface area (Å²) in [4.78, 5) is 42.2. The summed E-state index contributed by atoms with van der Waals surface area (Å²) in [5.41, 5.74) is 2.33. The quantitative estimate of drug-likeness (QED) is 0.575. The molecule has 1 N–H and O–H groups in total. The Bertz CT molecular complexity index is 1070. The van der Waals surface area contributed by atoms with Crippen molar-refractivity contribution in [1.29, 1.82) is 0 Å². The lowest BCUT2D eigenvalue weighted by Gasteiger charge is -2.37. The van der Waals surface area contributed by atoms with E-state index < -0.39 is 5.82 Å². The molecule has 7 nitrogen and oxygen atoms in total. The van der Waals surface area contributed by atoms with Gasteiger partial charge in [-0.15, -0.1) is 0 Å². The molecule has 1 aliphatic heterocycles. The van der Waals surface area contributed by atoms with Crippen molar-refractivity contribution >= 4 is 40.6 Å². The van der Waals surface area contributed by atoms with Gasteiger partial charge in [-0.05, 0) is 56.3 Å². The molecule has 1 saturated heterocycles. The molecule has 3 rings (SSSR count). The molecule has 2 aromatic carbocycles. The highest BCUT2D eigenvalue weighted by molar-refractivity contribution is 6.31. The van der Waals surface area contributed by atoms with E-state index >= 15 is 0 Å². The number of ketones is 1. The minimum Gasteiger partial charge on any atom is -0.366 e. The molecule has 1 fully saturated rings. The highest BCUT2D eigenvalue weighted by atomic mass is 35.5. The number of aryl methyl sites for hydroxylation is 1. The van der Waals surface area contributed by atoms with Gasteiger partial charge in [0.15, 0.2) is 5.78 Å². The number of halogens is 2. The number of carbonyl (C=O) groups excluding carboxylic acids is 3. The number of rotatable bonds is 8. The molecule has 0 aromatic heterocycles. The van der Waals surface area contributed by atoms with Crippen molar-refractivity contribution in [1.82, 2.24) is 9.80 Å². The summed E-state index contributed by atoms with van der Waals surface area (Å²) in [6, 6.07) is 9.79. The van der Waals surface area contributed by atoms with Gasteiger partial charge in [-0.3, -0.25) is 19.3 Å². The van der Waals surface area contributed by atoms with Crippen LogP contribution in [0.2, 0.25) is 5.02 Å². The molecule has 1 aliphatic rings. The van der Waals surface area contributed by atoms with Crippen molar-refractivity contribution in [2.45, 2.75) is 20.8 Å². The number of hydrogen-bond donors (Lipinski definition) is 1. The van der Waals surface area contributed by atoms with Crippen molar-refractivity contribution in [2.24, 2.45) is 0 Å². The van der Waals surface area contributed by atoms with Crippen LogP contribution < -0.4 is 10.2 Å². The Morgan fingerprint density at radius 2 is 1.76 bits per heavy atom. The highest BCUT2D eigenvalue weighted by Gasteiger charge is 2.25. The minimum absolute atomic E-state index is 0.0689. The van der Waals surface area contributed by atoms with E-state index in [0.717, 1.165) is 5.56 Å². The number of nitrogens with zero attached hydrogens (tertiary/aromatic N) is 3. The number of anilines is 2. The van der Waals surface area contributed by atoms with Gasteiger partial charge in [-0.1, -0.05) is 24.6 Å². The second kappa shape index (κ2) is 11.4. The number of hydrogen-bond acceptors (Lipinski definition) is 5. The summed E-state index contributed by atoms with van der Waals surface area (Å²) in [5, 5.41) is 3.39. The fraction of sp³-hybridized carbons (Fsp3) is 0.400. The molecule has 0 atom stereocenters. The zero-order chi connectivity index (χ0) is 24.8. The third-order valence-corrected chi connectivity index (χ3v) is 6.21. The first kappa shape index (κ1) is 25.6. The van der Waals surface area contributed by atoms with E-state index in [1.165, 1.54) is 13.0 Å². The van der Waals surface area contributed by atoms with E-state index in [0.29, 0.717) is 54.7 Å². The first-order valence-corrected chi connectivity index (χ1v) is 11.7. The predicted molar refractivity (Wildman–Crippen MR) is 132 cm³/mol. The monoisotopic (exact) mass is 488 g/mol. The number of carbonyl (C=O) groups is 3. The number of amides is 2. The van der Waals surface area contributed by atoms with Gasteiger partial charge in [0.1, 0.15) is 5.82 Å². The van der Waals surface area contributed by atoms with Gasteiger partial charge in [0.2, 0.25) is 11.8 Å². The molecule has 0 bridgehead atoms. The highest BCUT2D eigenvalue weighted by Crippen LogP contribution is 2.23. The van der Waals surface area contributed by atoms with E-state index in [4.69, 9.17) is 11.6 Å². The van der Waals surface area contributed by atoms with Gasteiger partial charge < -0.3 is 15.1 Å². The molecule has 1 heterocycles. The van der Waals surface area contributed by atoms with E-state index in [1.54, 1.807) is 34.1 Å². The maximum atomic E-state index is 14.5. The van der Waals surface area contributed by atoms with Crippen molar-refractivity contribution in [2.75, 3.05) is 56.0 Å². The maximum Gasteiger partial charge on any atom is 0.238 e. The Hall–Kier alpha value is -2.97. The van der Waals surface area contributed by atoms with Crippen LogP contribution in [-0.4, -0.2) is 73.2 Å². The Morgan fingerprint density at radius 3 is 2.38 bits per heavy atom. The normalized spacial score (nSPS) is 13.8. The maximum absolute atomic E-state index is 14.5. The number of Topliss-reactive ketones (excluding diaryl/α,β-unsaturated/α-hetero) is 1.